The van der Waals surface area contributed by atoms with Crippen LogP contribution < -0.4 is 5.73 Å². The van der Waals surface area contributed by atoms with E-state index in [1.54, 1.807) is 0 Å². The monoisotopic (exact) mass is 266 g/mol. The van der Waals surface area contributed by atoms with Crippen LogP contribution in [0, 0.1) is 0 Å². The quantitative estimate of drug-likeness (QED) is 0.875. The average Bonchev–Trinajstić information content (AvgIpc) is 2.56. The molecule has 1 aliphatic heterocycles. The molecule has 0 saturated carbocycles. The first-order valence-electron chi connectivity index (χ1n) is 5.19. The summed E-state index contributed by atoms with van der Waals surface area (Å²) in [5, 5.41) is 4.16. The maximum atomic E-state index is 5.85. The molecule has 1 fully saturated rings. The van der Waals surface area contributed by atoms with Crippen molar-refractivity contribution in [2.75, 3.05) is 13.1 Å². The van der Waals surface area contributed by atoms with E-state index in [9.17, 15) is 0 Å². The van der Waals surface area contributed by atoms with E-state index in [1.807, 2.05) is 17.9 Å². The lowest BCUT2D eigenvalue weighted by Gasteiger charge is -2.29. The van der Waals surface area contributed by atoms with Crippen molar-refractivity contribution < 1.29 is 0 Å². The summed E-state index contributed by atoms with van der Waals surface area (Å²) < 4.78 is 1.85. The number of hydrogen-bond acceptors (Lipinski definition) is 3. The first-order valence-corrected chi connectivity index (χ1v) is 5.19. The highest BCUT2D eigenvalue weighted by Gasteiger charge is 2.16. The Bertz CT molecular complexity index is 295. The molecule has 0 unspecified atom stereocenters. The molecule has 1 saturated heterocycles. The van der Waals surface area contributed by atoms with Crippen LogP contribution in [-0.4, -0.2) is 33.8 Å². The topological polar surface area (TPSA) is 47.1 Å². The zero-order valence-corrected chi connectivity index (χ0v) is 11.1. The third-order valence-electron chi connectivity index (χ3n) is 2.80. The first kappa shape index (κ1) is 15.7. The molecule has 1 aromatic heterocycles. The predicted molar refractivity (Wildman–Crippen MR) is 70.2 cm³/mol. The Labute approximate surface area is 109 Å². The molecule has 2 N–H and O–H groups in total. The SMILES string of the molecule is Cl.Cl.Cn1cc(CN2CCC(N)CC2)cn1. The lowest BCUT2D eigenvalue weighted by Crippen LogP contribution is -2.39. The van der Waals surface area contributed by atoms with Gasteiger partial charge in [0.25, 0.3) is 0 Å². The van der Waals surface area contributed by atoms with E-state index in [4.69, 9.17) is 5.73 Å². The average molecular weight is 267 g/mol. The second-order valence-corrected chi connectivity index (χ2v) is 4.14. The van der Waals surface area contributed by atoms with E-state index >= 15 is 0 Å². The van der Waals surface area contributed by atoms with Crippen molar-refractivity contribution >= 4 is 24.8 Å². The van der Waals surface area contributed by atoms with Gasteiger partial charge in [0.05, 0.1) is 6.20 Å². The predicted octanol–water partition coefficient (Wildman–Crippen LogP) is 1.19. The number of halogens is 2. The number of nitrogens with two attached hydrogens (primary N) is 1. The molecule has 0 spiro atoms. The Hall–Kier alpha value is -0.290. The fourth-order valence-electron chi connectivity index (χ4n) is 1.92. The number of aromatic nitrogens is 2. The van der Waals surface area contributed by atoms with Gasteiger partial charge in [-0.3, -0.25) is 9.58 Å². The van der Waals surface area contributed by atoms with Gasteiger partial charge in [0.2, 0.25) is 0 Å². The summed E-state index contributed by atoms with van der Waals surface area (Å²) in [6, 6.07) is 0.417. The molecule has 0 radical (unpaired) electrons. The Morgan fingerprint density at radius 1 is 1.38 bits per heavy atom. The number of likely N-dealkylation sites (tertiary alicyclic amines) is 1. The van der Waals surface area contributed by atoms with E-state index in [1.165, 1.54) is 5.56 Å². The Morgan fingerprint density at radius 2 is 2.00 bits per heavy atom. The molecule has 4 nitrogen and oxygen atoms in total. The largest absolute Gasteiger partial charge is 0.328 e. The molecular weight excluding hydrogens is 247 g/mol. The standard InChI is InChI=1S/C10H18N4.2ClH/c1-13-7-9(6-12-13)8-14-4-2-10(11)3-5-14;;/h6-7,10H,2-5,8,11H2,1H3;2*1H. The molecule has 0 aromatic carbocycles. The summed E-state index contributed by atoms with van der Waals surface area (Å²) in [6.45, 7) is 3.26. The maximum Gasteiger partial charge on any atom is 0.0534 e. The van der Waals surface area contributed by atoms with Gasteiger partial charge in [0, 0.05) is 31.4 Å². The summed E-state index contributed by atoms with van der Waals surface area (Å²) >= 11 is 0. The molecule has 2 rings (SSSR count). The minimum atomic E-state index is 0. The van der Waals surface area contributed by atoms with Gasteiger partial charge in [0.15, 0.2) is 0 Å². The normalized spacial score (nSPS) is 17.6. The molecule has 2 heterocycles. The van der Waals surface area contributed by atoms with Crippen LogP contribution in [0.4, 0.5) is 0 Å². The molecule has 0 atom stereocenters. The molecule has 6 heteroatoms. The van der Waals surface area contributed by atoms with Gasteiger partial charge in [-0.25, -0.2) is 0 Å². The van der Waals surface area contributed by atoms with E-state index in [0.717, 1.165) is 32.5 Å². The zero-order chi connectivity index (χ0) is 9.97. The highest BCUT2D eigenvalue weighted by Crippen LogP contribution is 2.11. The minimum absolute atomic E-state index is 0. The fraction of sp³-hybridized carbons (Fsp3) is 0.700. The smallest absolute Gasteiger partial charge is 0.0534 e. The van der Waals surface area contributed by atoms with Crippen LogP contribution in [0.5, 0.6) is 0 Å². The Morgan fingerprint density at radius 3 is 2.50 bits per heavy atom. The van der Waals surface area contributed by atoms with Crippen LogP contribution in [-0.2, 0) is 13.6 Å². The van der Waals surface area contributed by atoms with E-state index in [2.05, 4.69) is 16.2 Å². The van der Waals surface area contributed by atoms with Crippen molar-refractivity contribution in [3.05, 3.63) is 18.0 Å². The molecule has 0 aliphatic carbocycles. The lowest BCUT2D eigenvalue weighted by atomic mass is 10.1. The van der Waals surface area contributed by atoms with E-state index < -0.39 is 0 Å². The van der Waals surface area contributed by atoms with Crippen molar-refractivity contribution in [1.82, 2.24) is 14.7 Å². The third-order valence-corrected chi connectivity index (χ3v) is 2.80. The van der Waals surface area contributed by atoms with E-state index in [0.29, 0.717) is 6.04 Å². The van der Waals surface area contributed by atoms with Crippen LogP contribution in [0.15, 0.2) is 12.4 Å². The van der Waals surface area contributed by atoms with Gasteiger partial charge in [-0.05, 0) is 25.9 Å². The highest BCUT2D eigenvalue weighted by molar-refractivity contribution is 5.85. The molecule has 0 amide bonds. The summed E-state index contributed by atoms with van der Waals surface area (Å²) in [6.07, 6.45) is 6.27. The number of piperidine rings is 1. The summed E-state index contributed by atoms with van der Waals surface area (Å²) in [5.41, 5.74) is 7.15. The van der Waals surface area contributed by atoms with Crippen LogP contribution in [0.1, 0.15) is 18.4 Å². The molecule has 1 aromatic rings. The minimum Gasteiger partial charge on any atom is -0.328 e. The summed E-state index contributed by atoms with van der Waals surface area (Å²) in [7, 11) is 1.95. The van der Waals surface area contributed by atoms with Gasteiger partial charge in [-0.1, -0.05) is 0 Å². The number of aryl methyl sites for hydroxylation is 1. The van der Waals surface area contributed by atoms with Gasteiger partial charge < -0.3 is 5.73 Å². The first-order chi connectivity index (χ1) is 6.74. The third kappa shape index (κ3) is 4.29. The second-order valence-electron chi connectivity index (χ2n) is 4.14. The fourth-order valence-corrected chi connectivity index (χ4v) is 1.92. The molecule has 16 heavy (non-hydrogen) atoms. The van der Waals surface area contributed by atoms with Gasteiger partial charge in [0.1, 0.15) is 0 Å². The number of nitrogens with zero attached hydrogens (tertiary/aromatic N) is 3. The Kier molecular flexibility index (Phi) is 6.99. The number of hydrogen-bond donors (Lipinski definition) is 1. The van der Waals surface area contributed by atoms with Crippen LogP contribution in [0.3, 0.4) is 0 Å². The second kappa shape index (κ2) is 7.12. The van der Waals surface area contributed by atoms with Crippen LogP contribution >= 0.6 is 24.8 Å². The van der Waals surface area contributed by atoms with Crippen molar-refractivity contribution in [3.8, 4) is 0 Å². The Balaban J connectivity index is 0.00000112. The maximum absolute atomic E-state index is 5.85. The van der Waals surface area contributed by atoms with Crippen LogP contribution in [0.25, 0.3) is 0 Å². The van der Waals surface area contributed by atoms with Crippen molar-refractivity contribution in [1.29, 1.82) is 0 Å². The van der Waals surface area contributed by atoms with Crippen molar-refractivity contribution in [3.63, 3.8) is 0 Å². The molecule has 94 valence electrons. The number of rotatable bonds is 2. The lowest BCUT2D eigenvalue weighted by molar-refractivity contribution is 0.205. The molecule has 1 aliphatic rings. The molecule has 0 bridgehead atoms. The van der Waals surface area contributed by atoms with Gasteiger partial charge in [-0.15, -0.1) is 24.8 Å². The summed E-state index contributed by atoms with van der Waals surface area (Å²) in [5.74, 6) is 0. The van der Waals surface area contributed by atoms with E-state index in [-0.39, 0.29) is 24.8 Å². The van der Waals surface area contributed by atoms with Crippen LogP contribution in [0.2, 0.25) is 0 Å². The van der Waals surface area contributed by atoms with Crippen molar-refractivity contribution in [2.45, 2.75) is 25.4 Å². The highest BCUT2D eigenvalue weighted by atomic mass is 35.5. The molecular formula is C10H20Cl2N4. The summed E-state index contributed by atoms with van der Waals surface area (Å²) in [4.78, 5) is 2.44. The van der Waals surface area contributed by atoms with Gasteiger partial charge in [-0.2, -0.15) is 5.10 Å². The van der Waals surface area contributed by atoms with Gasteiger partial charge >= 0.3 is 0 Å². The van der Waals surface area contributed by atoms with Crippen molar-refractivity contribution in [2.24, 2.45) is 12.8 Å². The zero-order valence-electron chi connectivity index (χ0n) is 9.50.